The fourth-order valence-electron chi connectivity index (χ4n) is 4.05. The molecule has 0 aliphatic carbocycles. The van der Waals surface area contributed by atoms with Crippen LogP contribution in [0, 0.1) is 0 Å². The maximum absolute atomic E-state index is 13.1. The third-order valence-electron chi connectivity index (χ3n) is 5.46. The molecular weight excluding hydrogens is 386 g/mol. The Balaban J connectivity index is 1.60. The molecule has 6 heteroatoms. The van der Waals surface area contributed by atoms with Gasteiger partial charge >= 0.3 is 0 Å². The number of halogens is 1. The summed E-state index contributed by atoms with van der Waals surface area (Å²) in [4.78, 5) is 19.8. The number of amides is 1. The van der Waals surface area contributed by atoms with Crippen LogP contribution in [0.25, 0.3) is 10.9 Å². The number of carbonyl (C=O) groups is 1. The van der Waals surface area contributed by atoms with Crippen LogP contribution in [-0.2, 0) is 0 Å². The first-order valence-electron chi connectivity index (χ1n) is 9.88. The third kappa shape index (κ3) is 4.21. The van der Waals surface area contributed by atoms with E-state index in [0.29, 0.717) is 22.8 Å². The van der Waals surface area contributed by atoms with E-state index in [2.05, 4.69) is 21.3 Å². The molecule has 1 aliphatic rings. The third-order valence-corrected chi connectivity index (χ3v) is 5.66. The van der Waals surface area contributed by atoms with Crippen LogP contribution in [0.1, 0.15) is 34.8 Å². The van der Waals surface area contributed by atoms with Gasteiger partial charge in [0.1, 0.15) is 10.9 Å². The molecule has 150 valence electrons. The van der Waals surface area contributed by atoms with Crippen molar-refractivity contribution in [1.82, 2.24) is 15.2 Å². The zero-order chi connectivity index (χ0) is 20.2. The lowest BCUT2D eigenvalue weighted by Gasteiger charge is -2.29. The number of para-hydroxylation sites is 2. The SMILES string of the molecule is COc1ccccc1C(CNC(=O)c1cc(Cl)nc2ccccc12)N1CCCC1. The van der Waals surface area contributed by atoms with Gasteiger partial charge in [-0.3, -0.25) is 9.69 Å². The number of nitrogens with zero attached hydrogens (tertiary/aromatic N) is 2. The molecule has 1 saturated heterocycles. The van der Waals surface area contributed by atoms with Crippen molar-refractivity contribution in [1.29, 1.82) is 0 Å². The van der Waals surface area contributed by atoms with Gasteiger partial charge in [0.25, 0.3) is 5.91 Å². The van der Waals surface area contributed by atoms with Crippen LogP contribution < -0.4 is 10.1 Å². The predicted molar refractivity (Wildman–Crippen MR) is 116 cm³/mol. The van der Waals surface area contributed by atoms with Crippen LogP contribution in [0.5, 0.6) is 5.75 Å². The first-order chi connectivity index (χ1) is 14.2. The largest absolute Gasteiger partial charge is 0.496 e. The Bertz CT molecular complexity index is 1020. The minimum absolute atomic E-state index is 0.0566. The van der Waals surface area contributed by atoms with Gasteiger partial charge in [0.2, 0.25) is 0 Å². The van der Waals surface area contributed by atoms with Gasteiger partial charge in [0.15, 0.2) is 0 Å². The number of hydrogen-bond donors (Lipinski definition) is 1. The summed E-state index contributed by atoms with van der Waals surface area (Å²) in [6.07, 6.45) is 2.34. The first-order valence-corrected chi connectivity index (χ1v) is 10.3. The first kappa shape index (κ1) is 19.7. The van der Waals surface area contributed by atoms with Crippen molar-refractivity contribution in [3.05, 3.63) is 70.9 Å². The lowest BCUT2D eigenvalue weighted by atomic mass is 10.0. The number of rotatable bonds is 6. The Labute approximate surface area is 175 Å². The summed E-state index contributed by atoms with van der Waals surface area (Å²) in [5, 5.41) is 4.23. The van der Waals surface area contributed by atoms with Crippen LogP contribution in [0.2, 0.25) is 5.15 Å². The number of fused-ring (bicyclic) bond motifs is 1. The van der Waals surface area contributed by atoms with Gasteiger partial charge in [0, 0.05) is 17.5 Å². The van der Waals surface area contributed by atoms with E-state index in [1.165, 1.54) is 12.8 Å². The zero-order valence-corrected chi connectivity index (χ0v) is 17.2. The molecule has 3 aromatic rings. The molecule has 1 fully saturated rings. The highest BCUT2D eigenvalue weighted by Gasteiger charge is 2.26. The van der Waals surface area contributed by atoms with Crippen molar-refractivity contribution in [3.8, 4) is 5.75 Å². The van der Waals surface area contributed by atoms with E-state index >= 15 is 0 Å². The molecule has 1 unspecified atom stereocenters. The standard InChI is InChI=1S/C23H24ClN3O2/c1-29-21-11-5-3-9-17(21)20(27-12-6-7-13-27)15-25-23(28)18-14-22(24)26-19-10-4-2-8-16(18)19/h2-5,8-11,14,20H,6-7,12-13,15H2,1H3,(H,25,28). The number of aromatic nitrogens is 1. The number of carbonyl (C=O) groups excluding carboxylic acids is 1. The average molecular weight is 410 g/mol. The number of ether oxygens (including phenoxy) is 1. The zero-order valence-electron chi connectivity index (χ0n) is 16.4. The summed E-state index contributed by atoms with van der Waals surface area (Å²) >= 11 is 6.15. The van der Waals surface area contributed by atoms with Crippen molar-refractivity contribution < 1.29 is 9.53 Å². The Morgan fingerprint density at radius 2 is 1.90 bits per heavy atom. The molecule has 1 aromatic heterocycles. The normalized spacial score (nSPS) is 15.4. The second-order valence-corrected chi connectivity index (χ2v) is 7.61. The van der Waals surface area contributed by atoms with Crippen LogP contribution in [0.4, 0.5) is 0 Å². The second-order valence-electron chi connectivity index (χ2n) is 7.22. The molecule has 1 N–H and O–H groups in total. The fraction of sp³-hybridized carbons (Fsp3) is 0.304. The maximum Gasteiger partial charge on any atom is 0.252 e. The predicted octanol–water partition coefficient (Wildman–Crippen LogP) is 4.46. The molecule has 5 nitrogen and oxygen atoms in total. The molecular formula is C23H24ClN3O2. The van der Waals surface area contributed by atoms with E-state index in [9.17, 15) is 4.79 Å². The molecule has 0 saturated carbocycles. The number of nitrogens with one attached hydrogen (secondary N) is 1. The Kier molecular flexibility index (Phi) is 5.97. The van der Waals surface area contributed by atoms with E-state index in [1.807, 2.05) is 42.5 Å². The van der Waals surface area contributed by atoms with Crippen LogP contribution in [-0.4, -0.2) is 42.5 Å². The quantitative estimate of drug-likeness (QED) is 0.610. The van der Waals surface area contributed by atoms with Crippen molar-refractivity contribution in [2.24, 2.45) is 0 Å². The molecule has 2 aromatic carbocycles. The monoisotopic (exact) mass is 409 g/mol. The highest BCUT2D eigenvalue weighted by molar-refractivity contribution is 6.30. The van der Waals surface area contributed by atoms with E-state index < -0.39 is 0 Å². The smallest absolute Gasteiger partial charge is 0.252 e. The summed E-state index contributed by atoms with van der Waals surface area (Å²) in [6, 6.07) is 17.3. The van der Waals surface area contributed by atoms with Crippen molar-refractivity contribution in [2.45, 2.75) is 18.9 Å². The lowest BCUT2D eigenvalue weighted by Crippen LogP contribution is -2.37. The number of likely N-dealkylation sites (tertiary alicyclic amines) is 1. The van der Waals surface area contributed by atoms with Crippen LogP contribution >= 0.6 is 11.6 Å². The second kappa shape index (κ2) is 8.80. The highest BCUT2D eigenvalue weighted by atomic mass is 35.5. The van der Waals surface area contributed by atoms with Crippen molar-refractivity contribution >= 4 is 28.4 Å². The summed E-state index contributed by atoms with van der Waals surface area (Å²) in [5.74, 6) is 0.695. The number of benzene rings is 2. The van der Waals surface area contributed by atoms with Gasteiger partial charge in [-0.2, -0.15) is 0 Å². The van der Waals surface area contributed by atoms with E-state index in [1.54, 1.807) is 13.2 Å². The summed E-state index contributed by atoms with van der Waals surface area (Å²) in [5.41, 5.74) is 2.35. The van der Waals surface area contributed by atoms with E-state index in [0.717, 1.165) is 29.8 Å². The molecule has 0 spiro atoms. The molecule has 1 atom stereocenters. The van der Waals surface area contributed by atoms with E-state index in [4.69, 9.17) is 16.3 Å². The number of methoxy groups -OCH3 is 1. The molecule has 2 heterocycles. The number of hydrogen-bond acceptors (Lipinski definition) is 4. The Morgan fingerprint density at radius 1 is 1.17 bits per heavy atom. The van der Waals surface area contributed by atoms with E-state index in [-0.39, 0.29) is 11.9 Å². The van der Waals surface area contributed by atoms with Crippen molar-refractivity contribution in [2.75, 3.05) is 26.7 Å². The van der Waals surface area contributed by atoms with Gasteiger partial charge in [0.05, 0.1) is 24.2 Å². The molecule has 1 aliphatic heterocycles. The fourth-order valence-corrected chi connectivity index (χ4v) is 4.25. The summed E-state index contributed by atoms with van der Waals surface area (Å²) < 4.78 is 5.59. The molecule has 1 amide bonds. The van der Waals surface area contributed by atoms with Gasteiger partial charge in [-0.15, -0.1) is 0 Å². The molecule has 0 bridgehead atoms. The molecule has 4 rings (SSSR count). The molecule has 29 heavy (non-hydrogen) atoms. The lowest BCUT2D eigenvalue weighted by molar-refractivity contribution is 0.0939. The van der Waals surface area contributed by atoms with Gasteiger partial charge < -0.3 is 10.1 Å². The minimum atomic E-state index is -0.149. The Morgan fingerprint density at radius 3 is 2.69 bits per heavy atom. The van der Waals surface area contributed by atoms with Crippen LogP contribution in [0.15, 0.2) is 54.6 Å². The van der Waals surface area contributed by atoms with Gasteiger partial charge in [-0.05, 0) is 44.1 Å². The Hall–Kier alpha value is -2.63. The van der Waals surface area contributed by atoms with Gasteiger partial charge in [-0.1, -0.05) is 48.0 Å². The average Bonchev–Trinajstić information content (AvgIpc) is 3.28. The number of pyridine rings is 1. The molecule has 0 radical (unpaired) electrons. The van der Waals surface area contributed by atoms with Crippen molar-refractivity contribution in [3.63, 3.8) is 0 Å². The minimum Gasteiger partial charge on any atom is -0.496 e. The van der Waals surface area contributed by atoms with Crippen LogP contribution in [0.3, 0.4) is 0 Å². The van der Waals surface area contributed by atoms with Gasteiger partial charge in [-0.25, -0.2) is 4.98 Å². The highest BCUT2D eigenvalue weighted by Crippen LogP contribution is 2.31. The summed E-state index contributed by atoms with van der Waals surface area (Å²) in [7, 11) is 1.68. The topological polar surface area (TPSA) is 54.5 Å². The maximum atomic E-state index is 13.1. The summed E-state index contributed by atoms with van der Waals surface area (Å²) in [6.45, 7) is 2.53.